The van der Waals surface area contributed by atoms with Crippen LogP contribution in [0.25, 0.3) is 0 Å². The van der Waals surface area contributed by atoms with Crippen molar-refractivity contribution in [3.8, 4) is 5.75 Å². The molecule has 26 heteroatoms. The molecule has 9 amide bonds. The Morgan fingerprint density at radius 2 is 0.810 bits per heavy atom. The number of phenolic OH excluding ortho intramolecular Hbond substituents is 1. The van der Waals surface area contributed by atoms with E-state index in [-0.39, 0.29) is 30.9 Å². The number of amides is 9. The second-order valence-electron chi connectivity index (χ2n) is 23.5. The summed E-state index contributed by atoms with van der Waals surface area (Å²) in [6.45, 7) is 20.9. The average molecular weight is 1190 g/mol. The molecule has 1 rings (SSSR count). The number of carbonyl (C=O) groups excluding carboxylic acids is 9. The molecule has 0 aromatic heterocycles. The largest absolute Gasteiger partial charge is 0.508 e. The molecule has 0 saturated heterocycles. The number of nitrogens with one attached hydrogen (secondary N) is 9. The number of hydrogen-bond acceptors (Lipinski definition) is 15. The first-order chi connectivity index (χ1) is 39.3. The van der Waals surface area contributed by atoms with Crippen molar-refractivity contribution >= 4 is 65.1 Å². The summed E-state index contributed by atoms with van der Waals surface area (Å²) in [6, 6.07) is -7.19. The number of carboxylic acids is 2. The fraction of sp³-hybridized carbons (Fsp3) is 0.707. The Kier molecular flexibility index (Phi) is 34.1. The summed E-state index contributed by atoms with van der Waals surface area (Å²) >= 11 is 0. The fourth-order valence-corrected chi connectivity index (χ4v) is 8.86. The average Bonchev–Trinajstić information content (AvgIpc) is 3.50. The molecule has 26 nitrogen and oxygen atoms in total. The van der Waals surface area contributed by atoms with Crippen molar-refractivity contribution in [2.45, 2.75) is 214 Å². The van der Waals surface area contributed by atoms with Crippen LogP contribution in [0.15, 0.2) is 24.3 Å². The third-order valence-electron chi connectivity index (χ3n) is 14.3. The van der Waals surface area contributed by atoms with Crippen LogP contribution < -0.4 is 65.1 Å². The van der Waals surface area contributed by atoms with Crippen LogP contribution in [0.1, 0.15) is 153 Å². The van der Waals surface area contributed by atoms with E-state index in [1.165, 1.54) is 24.3 Å². The van der Waals surface area contributed by atoms with Gasteiger partial charge >= 0.3 is 11.9 Å². The Hall–Kier alpha value is -6.93. The molecular formula is C58H100N12O14. The van der Waals surface area contributed by atoms with Crippen LogP contribution >= 0.6 is 0 Å². The smallest absolute Gasteiger partial charge is 0.326 e. The number of carboxylic acid groups (broad SMARTS) is 2. The maximum Gasteiger partial charge on any atom is 0.326 e. The van der Waals surface area contributed by atoms with Gasteiger partial charge in [0.2, 0.25) is 53.2 Å². The van der Waals surface area contributed by atoms with Crippen molar-refractivity contribution in [3.63, 3.8) is 0 Å². The van der Waals surface area contributed by atoms with Crippen molar-refractivity contribution in [2.24, 2.45) is 52.7 Å². The summed E-state index contributed by atoms with van der Waals surface area (Å²) < 4.78 is 0. The SMILES string of the molecule is CC[C@H](C)[C@H](NC(=O)[C@@H](NC(=O)[C@H](Cc1ccc(O)cc1)NC(=O)[C@H](CCC(=O)O)NC(=O)[C@@H](NC(=O)[C@H](CC(C)C)NC(=O)[C@@H](NC(=O)[C@@H](N)CCCCN)C(C)C)C(C)C)C(C)C)C(=O)N[C@@H](CCCCN)C(=O)N[C@H](C(=O)O)C(C)C. The van der Waals surface area contributed by atoms with Gasteiger partial charge in [0, 0.05) is 12.8 Å². The maximum atomic E-state index is 14.5. The van der Waals surface area contributed by atoms with Crippen LogP contribution in [-0.4, -0.2) is 154 Å². The van der Waals surface area contributed by atoms with Crippen LogP contribution in [0, 0.1) is 35.5 Å². The van der Waals surface area contributed by atoms with E-state index in [9.17, 15) is 68.1 Å². The molecule has 0 aliphatic carbocycles. The first-order valence-electron chi connectivity index (χ1n) is 29.4. The molecule has 0 radical (unpaired) electrons. The molecule has 0 fully saturated rings. The quantitative estimate of drug-likeness (QED) is 0.0399. The van der Waals surface area contributed by atoms with Crippen molar-refractivity contribution in [2.75, 3.05) is 13.1 Å². The van der Waals surface area contributed by atoms with Crippen LogP contribution in [0.2, 0.25) is 0 Å². The van der Waals surface area contributed by atoms with E-state index in [4.69, 9.17) is 17.2 Å². The van der Waals surface area contributed by atoms with Crippen molar-refractivity contribution in [3.05, 3.63) is 29.8 Å². The molecule has 0 aliphatic heterocycles. The summed E-state index contributed by atoms with van der Waals surface area (Å²) in [5.74, 6) is -12.8. The topological polar surface area (TPSA) is 435 Å². The summed E-state index contributed by atoms with van der Waals surface area (Å²) in [4.78, 5) is 150. The Balaban J connectivity index is 3.63. The van der Waals surface area contributed by atoms with E-state index in [0.29, 0.717) is 57.2 Å². The number of benzene rings is 1. The van der Waals surface area contributed by atoms with E-state index in [1.807, 2.05) is 13.8 Å². The van der Waals surface area contributed by atoms with Gasteiger partial charge in [-0.2, -0.15) is 0 Å². The van der Waals surface area contributed by atoms with Gasteiger partial charge < -0.3 is 80.4 Å². The standard InChI is InChI=1S/C58H100N12O14/c1-13-35(12)48(57(82)62-39(19-15-17-27-60)51(76)69-47(34(10)11)58(83)84)70-56(81)46(33(8)9)68-53(78)42(29-36-20-22-37(71)23-21-36)64-50(75)40(24-25-43(72)73)63-54(79)45(32(6)7)67-52(77)41(28-30(2)3)65-55(80)44(31(4)5)66-49(74)38(61)18-14-16-26-59/h20-23,30-35,38-42,44-48,71H,13-19,24-29,59-61H2,1-12H3,(H,62,82)(H,63,79)(H,64,75)(H,65,80)(H,66,74)(H,67,77)(H,68,78)(H,69,76)(H,70,81)(H,72,73)(H,83,84)/t35-,38-,39-,40-,41-,42-,44-,45-,46-,47-,48-/m0/s1. The molecule has 476 valence electrons. The normalized spacial score (nSPS) is 15.4. The predicted octanol–water partition coefficient (Wildman–Crippen LogP) is 0.549. The van der Waals surface area contributed by atoms with E-state index in [0.717, 1.165) is 0 Å². The van der Waals surface area contributed by atoms with Gasteiger partial charge in [0.25, 0.3) is 0 Å². The molecule has 0 aliphatic rings. The summed E-state index contributed by atoms with van der Waals surface area (Å²) in [6.07, 6.45) is 1.69. The number of carbonyl (C=O) groups is 11. The molecule has 1 aromatic rings. The van der Waals surface area contributed by atoms with Crippen LogP contribution in [0.4, 0.5) is 0 Å². The molecular weight excluding hydrogens is 1090 g/mol. The number of aliphatic carboxylic acids is 2. The van der Waals surface area contributed by atoms with Gasteiger partial charge in [-0.25, -0.2) is 4.79 Å². The van der Waals surface area contributed by atoms with Gasteiger partial charge in [-0.1, -0.05) is 108 Å². The van der Waals surface area contributed by atoms with E-state index in [2.05, 4.69) is 47.9 Å². The molecule has 0 heterocycles. The van der Waals surface area contributed by atoms with Gasteiger partial charge in [0.15, 0.2) is 0 Å². The van der Waals surface area contributed by atoms with Crippen molar-refractivity contribution in [1.82, 2.24) is 47.9 Å². The highest BCUT2D eigenvalue weighted by atomic mass is 16.4. The summed E-state index contributed by atoms with van der Waals surface area (Å²) in [5.41, 5.74) is 17.8. The molecule has 84 heavy (non-hydrogen) atoms. The third kappa shape index (κ3) is 26.8. The van der Waals surface area contributed by atoms with Crippen LogP contribution in [-0.2, 0) is 59.2 Å². The van der Waals surface area contributed by atoms with Gasteiger partial charge in [0.1, 0.15) is 60.1 Å². The lowest BCUT2D eigenvalue weighted by Gasteiger charge is -2.31. The minimum absolute atomic E-state index is 0.103. The number of rotatable bonds is 40. The van der Waals surface area contributed by atoms with Crippen molar-refractivity contribution < 1.29 is 68.1 Å². The second kappa shape index (κ2) is 38.1. The van der Waals surface area contributed by atoms with E-state index >= 15 is 0 Å². The monoisotopic (exact) mass is 1190 g/mol. The fourth-order valence-electron chi connectivity index (χ4n) is 8.86. The summed E-state index contributed by atoms with van der Waals surface area (Å²) in [5, 5.41) is 53.4. The van der Waals surface area contributed by atoms with E-state index < -0.39 is 168 Å². The lowest BCUT2D eigenvalue weighted by Crippen LogP contribution is -2.62. The van der Waals surface area contributed by atoms with Gasteiger partial charge in [-0.3, -0.25) is 47.9 Å². The highest BCUT2D eigenvalue weighted by Crippen LogP contribution is 2.17. The van der Waals surface area contributed by atoms with Gasteiger partial charge in [0.05, 0.1) is 6.04 Å². The number of phenols is 1. The van der Waals surface area contributed by atoms with Gasteiger partial charge in [-0.05, 0) is 111 Å². The minimum atomic E-state index is -1.63. The van der Waals surface area contributed by atoms with Gasteiger partial charge in [-0.15, -0.1) is 0 Å². The zero-order valence-corrected chi connectivity index (χ0v) is 51.3. The maximum absolute atomic E-state index is 14.5. The summed E-state index contributed by atoms with van der Waals surface area (Å²) in [7, 11) is 0. The number of hydrogen-bond donors (Lipinski definition) is 15. The Labute approximate surface area is 495 Å². The Morgan fingerprint density at radius 1 is 0.440 bits per heavy atom. The van der Waals surface area contributed by atoms with E-state index in [1.54, 1.807) is 69.2 Å². The van der Waals surface area contributed by atoms with Crippen molar-refractivity contribution in [1.29, 1.82) is 0 Å². The lowest BCUT2D eigenvalue weighted by atomic mass is 9.95. The molecule has 18 N–H and O–H groups in total. The molecule has 0 unspecified atom stereocenters. The minimum Gasteiger partial charge on any atom is -0.508 e. The molecule has 0 saturated carbocycles. The number of nitrogens with two attached hydrogens (primary N) is 3. The Morgan fingerprint density at radius 3 is 1.25 bits per heavy atom. The second-order valence-corrected chi connectivity index (χ2v) is 23.5. The molecule has 11 atom stereocenters. The molecule has 0 spiro atoms. The first kappa shape index (κ1) is 75.1. The highest BCUT2D eigenvalue weighted by molar-refractivity contribution is 5.99. The molecule has 0 bridgehead atoms. The first-order valence-corrected chi connectivity index (χ1v) is 29.4. The molecule has 1 aromatic carbocycles. The third-order valence-corrected chi connectivity index (χ3v) is 14.3. The van der Waals surface area contributed by atoms with Crippen LogP contribution in [0.3, 0.4) is 0 Å². The number of unbranched alkanes of at least 4 members (excludes halogenated alkanes) is 2. The zero-order valence-electron chi connectivity index (χ0n) is 51.3. The Bertz CT molecular complexity index is 2320. The highest BCUT2D eigenvalue weighted by Gasteiger charge is 2.38. The number of aromatic hydroxyl groups is 1. The predicted molar refractivity (Wildman–Crippen MR) is 316 cm³/mol. The zero-order chi connectivity index (χ0) is 64.1. The lowest BCUT2D eigenvalue weighted by molar-refractivity contribution is -0.143. The van der Waals surface area contributed by atoms with Crippen LogP contribution in [0.5, 0.6) is 5.75 Å².